The van der Waals surface area contributed by atoms with Gasteiger partial charge in [0.05, 0.1) is 17.0 Å². The van der Waals surface area contributed by atoms with Crippen LogP contribution in [0, 0.1) is 0 Å². The molecule has 0 saturated heterocycles. The Morgan fingerprint density at radius 3 is 2.58 bits per heavy atom. The summed E-state index contributed by atoms with van der Waals surface area (Å²) in [6.07, 6.45) is 2.55. The lowest BCUT2D eigenvalue weighted by molar-refractivity contribution is 0.110. The van der Waals surface area contributed by atoms with Crippen LogP contribution in [0.15, 0.2) is 48.7 Å². The monoisotopic (exact) mass is 350 g/mol. The minimum Gasteiger partial charge on any atom is -0.507 e. The van der Waals surface area contributed by atoms with E-state index in [2.05, 4.69) is 9.97 Å². The third-order valence-corrected chi connectivity index (χ3v) is 3.69. The molecule has 0 amide bonds. The van der Waals surface area contributed by atoms with Crippen LogP contribution in [0.2, 0.25) is 0 Å². The summed E-state index contributed by atoms with van der Waals surface area (Å²) in [5.74, 6) is -0.144. The molecule has 0 aliphatic rings. The largest absolute Gasteiger partial charge is 0.507 e. The number of ether oxygens (including phenoxy) is 1. The Hall–Kier alpha value is -3.74. The van der Waals surface area contributed by atoms with Crippen molar-refractivity contribution in [2.24, 2.45) is 0 Å². The molecule has 2 aromatic heterocycles. The maximum Gasteiger partial charge on any atom is 0.172 e. The predicted octanol–water partition coefficient (Wildman–Crippen LogP) is 2.76. The molecule has 0 aliphatic heterocycles. The average molecular weight is 350 g/mol. The number of benzene rings is 1. The van der Waals surface area contributed by atoms with Crippen LogP contribution < -0.4 is 4.74 Å². The molecule has 3 aromatic rings. The van der Waals surface area contributed by atoms with E-state index < -0.39 is 0 Å². The zero-order chi connectivity index (χ0) is 18.5. The number of hydrogen-bond acceptors (Lipinski definition) is 7. The Kier molecular flexibility index (Phi) is 4.89. The van der Waals surface area contributed by atoms with E-state index in [1.807, 2.05) is 0 Å². The normalized spacial score (nSPS) is 10.3. The topological polar surface area (TPSA) is 110 Å². The molecular formula is C19H14N2O5. The highest BCUT2D eigenvalue weighted by molar-refractivity contribution is 5.83. The quantitative estimate of drug-likeness (QED) is 0.658. The van der Waals surface area contributed by atoms with Gasteiger partial charge in [-0.25, -0.2) is 4.98 Å². The van der Waals surface area contributed by atoms with E-state index in [4.69, 9.17) is 4.74 Å². The fourth-order valence-electron chi connectivity index (χ4n) is 2.40. The third-order valence-electron chi connectivity index (χ3n) is 3.69. The number of carbonyl (C=O) groups is 2. The lowest BCUT2D eigenvalue weighted by Crippen LogP contribution is -2.03. The van der Waals surface area contributed by atoms with Gasteiger partial charge in [-0.05, 0) is 30.3 Å². The molecule has 0 spiro atoms. The lowest BCUT2D eigenvalue weighted by atomic mass is 10.1. The molecule has 2 N–H and O–H groups in total. The van der Waals surface area contributed by atoms with Gasteiger partial charge >= 0.3 is 0 Å². The SMILES string of the molecule is O=Cc1nc(-c2ncccc2COc2cccc(O)c2C=O)ccc1O. The average Bonchev–Trinajstić information content (AvgIpc) is 2.67. The van der Waals surface area contributed by atoms with Crippen LogP contribution in [0.1, 0.15) is 26.4 Å². The molecule has 0 fully saturated rings. The maximum atomic E-state index is 11.1. The molecule has 1 aromatic carbocycles. The molecule has 0 atom stereocenters. The van der Waals surface area contributed by atoms with Crippen LogP contribution >= 0.6 is 0 Å². The van der Waals surface area contributed by atoms with Crippen LogP contribution in [0.3, 0.4) is 0 Å². The second-order valence-corrected chi connectivity index (χ2v) is 5.33. The Balaban J connectivity index is 1.93. The Bertz CT molecular complexity index is 972. The molecule has 3 rings (SSSR count). The summed E-state index contributed by atoms with van der Waals surface area (Å²) in [7, 11) is 0. The molecule has 130 valence electrons. The van der Waals surface area contributed by atoms with Gasteiger partial charge in [0, 0.05) is 11.8 Å². The number of aromatic hydroxyl groups is 2. The van der Waals surface area contributed by atoms with Gasteiger partial charge in [0.2, 0.25) is 0 Å². The van der Waals surface area contributed by atoms with E-state index in [0.29, 0.717) is 29.5 Å². The molecule has 26 heavy (non-hydrogen) atoms. The lowest BCUT2D eigenvalue weighted by Gasteiger charge is -2.12. The summed E-state index contributed by atoms with van der Waals surface area (Å²) >= 11 is 0. The molecule has 0 unspecified atom stereocenters. The third kappa shape index (κ3) is 3.36. The molecule has 7 heteroatoms. The van der Waals surface area contributed by atoms with Gasteiger partial charge in [-0.3, -0.25) is 14.6 Å². The number of carbonyl (C=O) groups excluding carboxylic acids is 2. The zero-order valence-corrected chi connectivity index (χ0v) is 13.5. The van der Waals surface area contributed by atoms with Crippen molar-refractivity contribution < 1.29 is 24.5 Å². The van der Waals surface area contributed by atoms with Gasteiger partial charge in [0.25, 0.3) is 0 Å². The second kappa shape index (κ2) is 7.43. The van der Waals surface area contributed by atoms with E-state index in [0.717, 1.165) is 0 Å². The van der Waals surface area contributed by atoms with Crippen molar-refractivity contribution in [1.29, 1.82) is 0 Å². The summed E-state index contributed by atoms with van der Waals surface area (Å²) in [6.45, 7) is 0.0620. The van der Waals surface area contributed by atoms with Gasteiger partial charge in [0.1, 0.15) is 29.5 Å². The minimum atomic E-state index is -0.215. The standard InChI is InChI=1S/C19H14N2O5/c22-9-13-16(24)4-1-5-18(13)26-11-12-3-2-8-20-19(12)14-6-7-17(25)15(10-23)21-14/h1-10,24-25H,11H2. The molecule has 0 radical (unpaired) electrons. The minimum absolute atomic E-state index is 0.0592. The van der Waals surface area contributed by atoms with Crippen molar-refractivity contribution in [3.63, 3.8) is 0 Å². The van der Waals surface area contributed by atoms with E-state index in [9.17, 15) is 19.8 Å². The fraction of sp³-hybridized carbons (Fsp3) is 0.0526. The van der Waals surface area contributed by atoms with E-state index in [-0.39, 0.29) is 35.1 Å². The van der Waals surface area contributed by atoms with Crippen molar-refractivity contribution in [1.82, 2.24) is 9.97 Å². The highest BCUT2D eigenvalue weighted by Crippen LogP contribution is 2.28. The van der Waals surface area contributed by atoms with Crippen molar-refractivity contribution in [2.45, 2.75) is 6.61 Å². The number of hydrogen-bond donors (Lipinski definition) is 2. The predicted molar refractivity (Wildman–Crippen MR) is 92.3 cm³/mol. The first kappa shape index (κ1) is 17.1. The first-order chi connectivity index (χ1) is 12.6. The zero-order valence-electron chi connectivity index (χ0n) is 13.5. The number of nitrogens with zero attached hydrogens (tertiary/aromatic N) is 2. The smallest absolute Gasteiger partial charge is 0.172 e. The Morgan fingerprint density at radius 2 is 1.81 bits per heavy atom. The molecule has 0 saturated carbocycles. The first-order valence-electron chi connectivity index (χ1n) is 7.63. The molecule has 2 heterocycles. The summed E-state index contributed by atoms with van der Waals surface area (Å²) in [5, 5.41) is 19.3. The molecule has 0 bridgehead atoms. The summed E-state index contributed by atoms with van der Waals surface area (Å²) in [4.78, 5) is 30.5. The van der Waals surface area contributed by atoms with Gasteiger partial charge in [-0.15, -0.1) is 0 Å². The van der Waals surface area contributed by atoms with Crippen molar-refractivity contribution in [3.8, 4) is 28.6 Å². The number of aldehydes is 2. The molecular weight excluding hydrogens is 336 g/mol. The summed E-state index contributed by atoms with van der Waals surface area (Å²) in [6, 6.07) is 10.9. The number of phenolic OH excluding ortho intramolecular Hbond substituents is 1. The molecule has 7 nitrogen and oxygen atoms in total. The van der Waals surface area contributed by atoms with E-state index in [1.54, 1.807) is 36.5 Å². The van der Waals surface area contributed by atoms with Crippen molar-refractivity contribution >= 4 is 12.6 Å². The van der Waals surface area contributed by atoms with Gasteiger partial charge < -0.3 is 14.9 Å². The summed E-state index contributed by atoms with van der Waals surface area (Å²) in [5.41, 5.74) is 1.50. The van der Waals surface area contributed by atoms with Gasteiger partial charge in [-0.1, -0.05) is 12.1 Å². The van der Waals surface area contributed by atoms with Crippen LogP contribution in [0.25, 0.3) is 11.4 Å². The highest BCUT2D eigenvalue weighted by Gasteiger charge is 2.13. The molecule has 0 aliphatic carbocycles. The van der Waals surface area contributed by atoms with Crippen LogP contribution in [0.4, 0.5) is 0 Å². The number of pyridine rings is 2. The Morgan fingerprint density at radius 1 is 0.962 bits per heavy atom. The van der Waals surface area contributed by atoms with Gasteiger partial charge in [-0.2, -0.15) is 0 Å². The maximum absolute atomic E-state index is 11.1. The van der Waals surface area contributed by atoms with Gasteiger partial charge in [0.15, 0.2) is 12.6 Å². The van der Waals surface area contributed by atoms with Crippen LogP contribution in [0.5, 0.6) is 17.2 Å². The number of phenols is 1. The van der Waals surface area contributed by atoms with Crippen LogP contribution in [-0.4, -0.2) is 32.8 Å². The Labute approximate surface area is 148 Å². The van der Waals surface area contributed by atoms with Crippen LogP contribution in [-0.2, 0) is 6.61 Å². The summed E-state index contributed by atoms with van der Waals surface area (Å²) < 4.78 is 5.66. The number of aromatic nitrogens is 2. The van der Waals surface area contributed by atoms with Crippen molar-refractivity contribution in [3.05, 3.63) is 65.5 Å². The first-order valence-corrected chi connectivity index (χ1v) is 7.63. The van der Waals surface area contributed by atoms with Crippen molar-refractivity contribution in [2.75, 3.05) is 0 Å². The van der Waals surface area contributed by atoms with E-state index >= 15 is 0 Å². The van der Waals surface area contributed by atoms with E-state index in [1.165, 1.54) is 12.1 Å². The second-order valence-electron chi connectivity index (χ2n) is 5.33. The highest BCUT2D eigenvalue weighted by atomic mass is 16.5. The fourth-order valence-corrected chi connectivity index (χ4v) is 2.40. The number of rotatable bonds is 6.